The summed E-state index contributed by atoms with van der Waals surface area (Å²) in [5.41, 5.74) is 3.64. The predicted molar refractivity (Wildman–Crippen MR) is 189 cm³/mol. The van der Waals surface area contributed by atoms with Gasteiger partial charge in [0, 0.05) is 37.1 Å². The van der Waals surface area contributed by atoms with Gasteiger partial charge in [0.2, 0.25) is 0 Å². The number of hydrogen-bond donors (Lipinski definition) is 0. The van der Waals surface area contributed by atoms with Gasteiger partial charge < -0.3 is 14.5 Å². The van der Waals surface area contributed by atoms with Gasteiger partial charge in [0.25, 0.3) is 5.91 Å². The second kappa shape index (κ2) is 22.7. The minimum atomic E-state index is -0.367. The van der Waals surface area contributed by atoms with E-state index in [2.05, 4.69) is 30.4 Å². The van der Waals surface area contributed by atoms with Gasteiger partial charge >= 0.3 is 5.97 Å². The minimum absolute atomic E-state index is 0.0264. The third kappa shape index (κ3) is 13.0. The topological polar surface area (TPSA) is 74.6 Å². The molecule has 1 fully saturated rings. The molecule has 0 radical (unpaired) electrons. The normalized spacial score (nSPS) is 17.4. The number of aryl methyl sites for hydroxylation is 1. The van der Waals surface area contributed by atoms with Gasteiger partial charge in [-0.3, -0.25) is 9.79 Å². The summed E-state index contributed by atoms with van der Waals surface area (Å²) in [6.07, 6.45) is 12.0. The molecule has 7 nitrogen and oxygen atoms in total. The van der Waals surface area contributed by atoms with Crippen molar-refractivity contribution in [2.24, 2.45) is 9.98 Å². The summed E-state index contributed by atoms with van der Waals surface area (Å²) in [6.45, 7) is 24.5. The van der Waals surface area contributed by atoms with Crippen molar-refractivity contribution in [2.45, 2.75) is 107 Å². The molecular weight excluding hydrogens is 567 g/mol. The van der Waals surface area contributed by atoms with E-state index in [4.69, 9.17) is 4.74 Å². The monoisotopic (exact) mass is 624 g/mol. The van der Waals surface area contributed by atoms with Crippen LogP contribution in [0.15, 0.2) is 70.2 Å². The SMILES string of the molecule is C=C(/C=C1/N=C(C(=O)N2CCCCCC2C)C=C(CC)N1C)c1ccc(C)cc1F.CC.CC.CC=N/C(=C\C)C(=O)OCC. The van der Waals surface area contributed by atoms with Gasteiger partial charge in [-0.15, -0.1) is 0 Å². The molecule has 0 bridgehead atoms. The zero-order valence-corrected chi connectivity index (χ0v) is 29.7. The number of amides is 1. The summed E-state index contributed by atoms with van der Waals surface area (Å²) in [4.78, 5) is 36.6. The Bertz CT molecular complexity index is 1260. The summed E-state index contributed by atoms with van der Waals surface area (Å²) >= 11 is 0. The van der Waals surface area contributed by atoms with E-state index in [1.807, 2.05) is 63.6 Å². The van der Waals surface area contributed by atoms with E-state index in [1.54, 1.807) is 45.2 Å². The molecule has 2 aliphatic heterocycles. The van der Waals surface area contributed by atoms with Gasteiger partial charge in [-0.25, -0.2) is 14.2 Å². The van der Waals surface area contributed by atoms with Gasteiger partial charge in [-0.05, 0) is 83.2 Å². The standard InChI is InChI=1S/C25H32FN3O.C8H13NO2.2C2H6/c1-6-20-16-23(25(30)29-13-9-7-8-10-19(29)4)27-24(28(20)5)15-18(3)21-12-11-17(2)14-22(21)26;1-4-7(9-5-2)8(10)11-6-3;2*1-2/h11-12,14-16,19H,3,6-10,13H2,1-2,4-5H3;4-5H,6H2,1-3H3;2*1-2H3/b24-15-;7-4-,9-5?;;. The third-order valence-electron chi connectivity index (χ3n) is 7.01. The number of likely N-dealkylation sites (tertiary alicyclic amines) is 1. The van der Waals surface area contributed by atoms with Crippen LogP contribution in [0.5, 0.6) is 0 Å². The number of nitrogens with zero attached hydrogens (tertiary/aromatic N) is 4. The third-order valence-corrected chi connectivity index (χ3v) is 7.01. The van der Waals surface area contributed by atoms with Gasteiger partial charge in [0.15, 0.2) is 0 Å². The van der Waals surface area contributed by atoms with Crippen LogP contribution in [0.1, 0.15) is 106 Å². The van der Waals surface area contributed by atoms with E-state index in [0.717, 1.165) is 49.9 Å². The zero-order valence-electron chi connectivity index (χ0n) is 29.7. The van der Waals surface area contributed by atoms with E-state index in [1.165, 1.54) is 6.07 Å². The van der Waals surface area contributed by atoms with E-state index < -0.39 is 0 Å². The maximum atomic E-state index is 14.4. The van der Waals surface area contributed by atoms with Crippen molar-refractivity contribution in [2.75, 3.05) is 20.2 Å². The van der Waals surface area contributed by atoms with Crippen LogP contribution in [0.3, 0.4) is 0 Å². The van der Waals surface area contributed by atoms with Gasteiger partial charge in [-0.2, -0.15) is 0 Å². The van der Waals surface area contributed by atoms with Crippen LogP contribution in [0.2, 0.25) is 0 Å². The largest absolute Gasteiger partial charge is 0.461 e. The number of ether oxygens (including phenoxy) is 1. The van der Waals surface area contributed by atoms with Crippen LogP contribution in [0.25, 0.3) is 5.57 Å². The first-order valence-corrected chi connectivity index (χ1v) is 16.4. The Morgan fingerprint density at radius 2 is 1.80 bits per heavy atom. The van der Waals surface area contributed by atoms with Crippen LogP contribution in [-0.4, -0.2) is 59.8 Å². The lowest BCUT2D eigenvalue weighted by molar-refractivity contribution is -0.138. The lowest BCUT2D eigenvalue weighted by atomic mass is 10.0. The van der Waals surface area contributed by atoms with Crippen molar-refractivity contribution >= 4 is 29.4 Å². The fourth-order valence-electron chi connectivity index (χ4n) is 4.64. The summed E-state index contributed by atoms with van der Waals surface area (Å²) in [5.74, 6) is -0.0973. The number of carbonyl (C=O) groups excluding carboxylic acids is 2. The van der Waals surface area contributed by atoms with E-state index in [0.29, 0.717) is 35.0 Å². The average Bonchev–Trinajstić information content (AvgIpc) is 3.26. The molecule has 3 rings (SSSR count). The van der Waals surface area contributed by atoms with Crippen molar-refractivity contribution in [3.05, 3.63) is 77.2 Å². The summed E-state index contributed by atoms with van der Waals surface area (Å²) in [6, 6.07) is 5.31. The van der Waals surface area contributed by atoms with E-state index in [9.17, 15) is 14.0 Å². The molecule has 1 atom stereocenters. The van der Waals surface area contributed by atoms with Crippen LogP contribution >= 0.6 is 0 Å². The Kier molecular flexibility index (Phi) is 20.7. The maximum absolute atomic E-state index is 14.4. The first kappa shape index (κ1) is 41.2. The highest BCUT2D eigenvalue weighted by Gasteiger charge is 2.28. The fraction of sp³-hybridized carbons (Fsp3) is 0.514. The minimum Gasteiger partial charge on any atom is -0.461 e. The molecule has 2 aliphatic rings. The van der Waals surface area contributed by atoms with Gasteiger partial charge in [-0.1, -0.05) is 72.2 Å². The molecular formula is C37H57FN4O3. The van der Waals surface area contributed by atoms with Crippen LogP contribution in [-0.2, 0) is 14.3 Å². The number of benzene rings is 1. The number of allylic oxidation sites excluding steroid dienone is 4. The Morgan fingerprint density at radius 1 is 1.13 bits per heavy atom. The maximum Gasteiger partial charge on any atom is 0.356 e. The highest BCUT2D eigenvalue weighted by atomic mass is 19.1. The number of esters is 1. The van der Waals surface area contributed by atoms with Crippen LogP contribution in [0.4, 0.5) is 4.39 Å². The van der Waals surface area contributed by atoms with Crippen LogP contribution in [0, 0.1) is 12.7 Å². The van der Waals surface area contributed by atoms with E-state index in [-0.39, 0.29) is 23.7 Å². The Hall–Kier alpha value is -3.81. The number of halogens is 1. The molecule has 0 aromatic heterocycles. The Morgan fingerprint density at radius 3 is 2.36 bits per heavy atom. The predicted octanol–water partition coefficient (Wildman–Crippen LogP) is 9.06. The van der Waals surface area contributed by atoms with Crippen molar-refractivity contribution < 1.29 is 18.7 Å². The molecule has 250 valence electrons. The molecule has 1 aromatic carbocycles. The number of rotatable bonds is 7. The van der Waals surface area contributed by atoms with Crippen molar-refractivity contribution in [1.82, 2.24) is 9.80 Å². The first-order chi connectivity index (χ1) is 21.6. The molecule has 45 heavy (non-hydrogen) atoms. The number of hydrogen-bond acceptors (Lipinski definition) is 6. The lowest BCUT2D eigenvalue weighted by Crippen LogP contribution is -2.43. The molecule has 1 aromatic rings. The van der Waals surface area contributed by atoms with Crippen molar-refractivity contribution in [1.29, 1.82) is 0 Å². The summed E-state index contributed by atoms with van der Waals surface area (Å²) < 4.78 is 19.1. The summed E-state index contributed by atoms with van der Waals surface area (Å²) in [7, 11) is 1.92. The van der Waals surface area contributed by atoms with Crippen LogP contribution < -0.4 is 0 Å². The number of carbonyl (C=O) groups is 2. The molecule has 1 saturated heterocycles. The molecule has 0 spiro atoms. The van der Waals surface area contributed by atoms with E-state index >= 15 is 0 Å². The molecule has 8 heteroatoms. The lowest BCUT2D eigenvalue weighted by Gasteiger charge is -2.31. The quantitative estimate of drug-likeness (QED) is 0.172. The second-order valence-electron chi connectivity index (χ2n) is 10.0. The van der Waals surface area contributed by atoms with Gasteiger partial charge in [0.05, 0.1) is 6.61 Å². The van der Waals surface area contributed by atoms with Crippen molar-refractivity contribution in [3.63, 3.8) is 0 Å². The molecule has 0 N–H and O–H groups in total. The number of aliphatic imine (C=N–C) groups is 2. The molecule has 1 amide bonds. The highest BCUT2D eigenvalue weighted by molar-refractivity contribution is 6.43. The Labute approximate surface area is 272 Å². The highest BCUT2D eigenvalue weighted by Crippen LogP contribution is 2.27. The van der Waals surface area contributed by atoms with Crippen molar-refractivity contribution in [3.8, 4) is 0 Å². The smallest absolute Gasteiger partial charge is 0.356 e. The second-order valence-corrected chi connectivity index (χ2v) is 10.0. The van der Waals surface area contributed by atoms with Gasteiger partial charge in [0.1, 0.15) is 23.0 Å². The molecule has 0 aliphatic carbocycles. The first-order valence-electron chi connectivity index (χ1n) is 16.4. The molecule has 2 heterocycles. The average molecular weight is 625 g/mol. The zero-order chi connectivity index (χ0) is 34.5. The molecule has 0 saturated carbocycles. The fourth-order valence-corrected chi connectivity index (χ4v) is 4.64. The Balaban J connectivity index is 0.00000109. The molecule has 1 unspecified atom stereocenters. The summed E-state index contributed by atoms with van der Waals surface area (Å²) in [5, 5.41) is 0.